The van der Waals surface area contributed by atoms with E-state index in [0.29, 0.717) is 18.9 Å². The minimum Gasteiger partial charge on any atom is -0.340 e. The standard InChI is InChI=1S/C18H25N5O/c1-2-22(15-9-5-3-6-10-15)18(24)14-13-17-19-20-21-23(17)16-11-7-4-8-12-16/h4,7-8,11-12,15H,2-3,5-6,9-10,13-14H2,1H3. The number of hydrogen-bond acceptors (Lipinski definition) is 4. The monoisotopic (exact) mass is 327 g/mol. The quantitative estimate of drug-likeness (QED) is 0.818. The van der Waals surface area contributed by atoms with E-state index in [2.05, 4.69) is 27.3 Å². The molecule has 1 aliphatic carbocycles. The zero-order valence-corrected chi connectivity index (χ0v) is 14.3. The molecule has 6 heteroatoms. The second-order valence-corrected chi connectivity index (χ2v) is 6.31. The van der Waals surface area contributed by atoms with Crippen molar-refractivity contribution in [3.63, 3.8) is 0 Å². The molecule has 2 aromatic rings. The van der Waals surface area contributed by atoms with E-state index in [1.54, 1.807) is 4.68 Å². The Hall–Kier alpha value is -2.24. The van der Waals surface area contributed by atoms with Gasteiger partial charge in [-0.25, -0.2) is 0 Å². The molecule has 24 heavy (non-hydrogen) atoms. The third-order valence-corrected chi connectivity index (χ3v) is 4.77. The molecule has 6 nitrogen and oxygen atoms in total. The first-order valence-electron chi connectivity index (χ1n) is 8.91. The van der Waals surface area contributed by atoms with Crippen LogP contribution in [0.4, 0.5) is 0 Å². The van der Waals surface area contributed by atoms with E-state index < -0.39 is 0 Å². The van der Waals surface area contributed by atoms with Gasteiger partial charge in [-0.05, 0) is 42.3 Å². The number of hydrogen-bond donors (Lipinski definition) is 0. The van der Waals surface area contributed by atoms with Crippen LogP contribution in [0.1, 0.15) is 51.3 Å². The molecule has 1 saturated carbocycles. The van der Waals surface area contributed by atoms with Crippen LogP contribution in [0.15, 0.2) is 30.3 Å². The van der Waals surface area contributed by atoms with Crippen LogP contribution in [0.2, 0.25) is 0 Å². The molecule has 0 N–H and O–H groups in total. The van der Waals surface area contributed by atoms with Gasteiger partial charge in [0.05, 0.1) is 5.69 Å². The third-order valence-electron chi connectivity index (χ3n) is 4.77. The Kier molecular flexibility index (Phi) is 5.56. The lowest BCUT2D eigenvalue weighted by molar-refractivity contribution is -0.133. The highest BCUT2D eigenvalue weighted by atomic mass is 16.2. The van der Waals surface area contributed by atoms with Gasteiger partial charge in [0.15, 0.2) is 5.82 Å². The fourth-order valence-electron chi connectivity index (χ4n) is 3.52. The number of carbonyl (C=O) groups is 1. The van der Waals surface area contributed by atoms with E-state index >= 15 is 0 Å². The average Bonchev–Trinajstić information content (AvgIpc) is 3.11. The molecule has 0 bridgehead atoms. The van der Waals surface area contributed by atoms with Gasteiger partial charge in [-0.1, -0.05) is 37.5 Å². The van der Waals surface area contributed by atoms with Gasteiger partial charge in [-0.15, -0.1) is 5.10 Å². The van der Waals surface area contributed by atoms with Crippen LogP contribution in [0.25, 0.3) is 5.69 Å². The van der Waals surface area contributed by atoms with Gasteiger partial charge in [0.2, 0.25) is 5.91 Å². The molecule has 1 fully saturated rings. The Bertz CT molecular complexity index is 648. The van der Waals surface area contributed by atoms with Crippen LogP contribution in [0.5, 0.6) is 0 Å². The van der Waals surface area contributed by atoms with E-state index in [1.165, 1.54) is 19.3 Å². The Labute approximate surface area is 142 Å². The van der Waals surface area contributed by atoms with Crippen LogP contribution in [0.3, 0.4) is 0 Å². The molecule has 1 heterocycles. The molecule has 0 spiro atoms. The Morgan fingerprint density at radius 3 is 2.67 bits per heavy atom. The number of aromatic nitrogens is 4. The Balaban J connectivity index is 1.63. The number of tetrazole rings is 1. The van der Waals surface area contributed by atoms with Crippen LogP contribution < -0.4 is 0 Å². The maximum absolute atomic E-state index is 12.7. The molecule has 0 atom stereocenters. The molecule has 0 aliphatic heterocycles. The summed E-state index contributed by atoms with van der Waals surface area (Å²) in [6.45, 7) is 2.85. The summed E-state index contributed by atoms with van der Waals surface area (Å²) >= 11 is 0. The molecular weight excluding hydrogens is 302 g/mol. The smallest absolute Gasteiger partial charge is 0.223 e. The summed E-state index contributed by atoms with van der Waals surface area (Å²) in [5.41, 5.74) is 0.921. The normalized spacial score (nSPS) is 15.4. The molecule has 1 aromatic heterocycles. The van der Waals surface area contributed by atoms with Crippen molar-refractivity contribution in [2.75, 3.05) is 6.54 Å². The summed E-state index contributed by atoms with van der Waals surface area (Å²) in [4.78, 5) is 14.7. The second kappa shape index (κ2) is 8.04. The summed E-state index contributed by atoms with van der Waals surface area (Å²) in [5.74, 6) is 0.946. The first-order chi connectivity index (χ1) is 11.8. The molecule has 1 aromatic carbocycles. The van der Waals surface area contributed by atoms with Crippen molar-refractivity contribution < 1.29 is 4.79 Å². The maximum atomic E-state index is 12.7. The molecule has 3 rings (SSSR count). The summed E-state index contributed by atoms with van der Waals surface area (Å²) in [7, 11) is 0. The molecule has 128 valence electrons. The second-order valence-electron chi connectivity index (χ2n) is 6.31. The maximum Gasteiger partial charge on any atom is 0.223 e. The lowest BCUT2D eigenvalue weighted by Gasteiger charge is -2.33. The van der Waals surface area contributed by atoms with Crippen molar-refractivity contribution >= 4 is 5.91 Å². The topological polar surface area (TPSA) is 63.9 Å². The zero-order valence-electron chi connectivity index (χ0n) is 14.3. The van der Waals surface area contributed by atoms with E-state index in [9.17, 15) is 4.79 Å². The van der Waals surface area contributed by atoms with Crippen LogP contribution in [-0.4, -0.2) is 43.6 Å². The number of amides is 1. The first kappa shape index (κ1) is 16.6. The van der Waals surface area contributed by atoms with E-state index in [1.807, 2.05) is 30.3 Å². The predicted octanol–water partition coefficient (Wildman–Crippen LogP) is 2.78. The fraction of sp³-hybridized carbons (Fsp3) is 0.556. The Morgan fingerprint density at radius 2 is 1.96 bits per heavy atom. The highest BCUT2D eigenvalue weighted by Crippen LogP contribution is 2.23. The average molecular weight is 327 g/mol. The Morgan fingerprint density at radius 1 is 1.21 bits per heavy atom. The number of para-hydroxylation sites is 1. The van der Waals surface area contributed by atoms with Crippen LogP contribution >= 0.6 is 0 Å². The molecular formula is C18H25N5O. The fourth-order valence-corrected chi connectivity index (χ4v) is 3.52. The van der Waals surface area contributed by atoms with Gasteiger partial charge in [0, 0.05) is 25.4 Å². The minimum absolute atomic E-state index is 0.215. The highest BCUT2D eigenvalue weighted by molar-refractivity contribution is 5.76. The minimum atomic E-state index is 0.215. The number of aryl methyl sites for hydroxylation is 1. The van der Waals surface area contributed by atoms with Gasteiger partial charge >= 0.3 is 0 Å². The lowest BCUT2D eigenvalue weighted by atomic mass is 9.94. The van der Waals surface area contributed by atoms with Gasteiger partial charge < -0.3 is 4.90 Å². The largest absolute Gasteiger partial charge is 0.340 e. The summed E-state index contributed by atoms with van der Waals surface area (Å²) < 4.78 is 1.71. The van der Waals surface area contributed by atoms with Crippen molar-refractivity contribution in [3.05, 3.63) is 36.2 Å². The lowest BCUT2D eigenvalue weighted by Crippen LogP contribution is -2.41. The third kappa shape index (κ3) is 3.80. The van der Waals surface area contributed by atoms with Crippen LogP contribution in [0, 0.1) is 0 Å². The molecule has 0 saturated heterocycles. The molecule has 0 radical (unpaired) electrons. The molecule has 0 unspecified atom stereocenters. The number of rotatable bonds is 6. The number of benzene rings is 1. The summed E-state index contributed by atoms with van der Waals surface area (Å²) in [5, 5.41) is 11.9. The van der Waals surface area contributed by atoms with Gasteiger partial charge in [0.25, 0.3) is 0 Å². The SMILES string of the molecule is CCN(C(=O)CCc1nnnn1-c1ccccc1)C1CCCCC1. The zero-order chi connectivity index (χ0) is 16.8. The highest BCUT2D eigenvalue weighted by Gasteiger charge is 2.24. The van der Waals surface area contributed by atoms with Crippen molar-refractivity contribution in [3.8, 4) is 5.69 Å². The number of nitrogens with zero attached hydrogens (tertiary/aromatic N) is 5. The molecule has 1 amide bonds. The van der Waals surface area contributed by atoms with Crippen molar-refractivity contribution in [1.82, 2.24) is 25.1 Å². The van der Waals surface area contributed by atoms with E-state index in [-0.39, 0.29) is 5.91 Å². The summed E-state index contributed by atoms with van der Waals surface area (Å²) in [6.07, 6.45) is 7.07. The molecule has 1 aliphatic rings. The first-order valence-corrected chi connectivity index (χ1v) is 8.91. The van der Waals surface area contributed by atoms with E-state index in [4.69, 9.17) is 0 Å². The van der Waals surface area contributed by atoms with E-state index in [0.717, 1.165) is 30.9 Å². The van der Waals surface area contributed by atoms with Crippen molar-refractivity contribution in [2.45, 2.75) is 57.9 Å². The van der Waals surface area contributed by atoms with Crippen molar-refractivity contribution in [2.24, 2.45) is 0 Å². The summed E-state index contributed by atoms with van der Waals surface area (Å²) in [6, 6.07) is 10.2. The number of carbonyl (C=O) groups excluding carboxylic acids is 1. The van der Waals surface area contributed by atoms with Crippen LogP contribution in [-0.2, 0) is 11.2 Å². The van der Waals surface area contributed by atoms with Gasteiger partial charge in [-0.2, -0.15) is 4.68 Å². The predicted molar refractivity (Wildman–Crippen MR) is 91.7 cm³/mol. The van der Waals surface area contributed by atoms with Crippen molar-refractivity contribution in [1.29, 1.82) is 0 Å². The van der Waals surface area contributed by atoms with Gasteiger partial charge in [0.1, 0.15) is 0 Å². The van der Waals surface area contributed by atoms with Gasteiger partial charge in [-0.3, -0.25) is 4.79 Å².